The Hall–Kier alpha value is -3.28. The van der Waals surface area contributed by atoms with E-state index >= 15 is 0 Å². The number of benzene rings is 2. The van der Waals surface area contributed by atoms with E-state index < -0.39 is 5.97 Å². The zero-order chi connectivity index (χ0) is 17.4. The van der Waals surface area contributed by atoms with Crippen LogP contribution in [0.2, 0.25) is 0 Å². The summed E-state index contributed by atoms with van der Waals surface area (Å²) in [6.45, 7) is 2.54. The van der Waals surface area contributed by atoms with Gasteiger partial charge in [-0.3, -0.25) is 4.57 Å². The highest BCUT2D eigenvalue weighted by Gasteiger charge is 2.27. The molecule has 0 spiro atoms. The van der Waals surface area contributed by atoms with E-state index in [2.05, 4.69) is 10.3 Å². The van der Waals surface area contributed by atoms with E-state index in [9.17, 15) is 9.90 Å². The van der Waals surface area contributed by atoms with Gasteiger partial charge in [0, 0.05) is 0 Å². The molecule has 6 heteroatoms. The van der Waals surface area contributed by atoms with Gasteiger partial charge in [-0.05, 0) is 42.8 Å². The number of allylic oxidation sites excluding steroid dienone is 1. The van der Waals surface area contributed by atoms with Gasteiger partial charge in [-0.25, -0.2) is 9.78 Å². The van der Waals surface area contributed by atoms with Gasteiger partial charge in [0.15, 0.2) is 0 Å². The molecule has 0 saturated heterocycles. The van der Waals surface area contributed by atoms with Crippen molar-refractivity contribution in [3.05, 3.63) is 65.9 Å². The van der Waals surface area contributed by atoms with Crippen molar-refractivity contribution < 1.29 is 14.6 Å². The Kier molecular flexibility index (Phi) is 3.65. The molecule has 0 unspecified atom stereocenters. The van der Waals surface area contributed by atoms with Crippen LogP contribution in [-0.4, -0.2) is 27.2 Å². The predicted molar refractivity (Wildman–Crippen MR) is 94.8 cm³/mol. The number of ether oxygens (including phenoxy) is 1. The third kappa shape index (κ3) is 2.61. The Balaban J connectivity index is 1.86. The number of aromatic nitrogens is 2. The summed E-state index contributed by atoms with van der Waals surface area (Å²) in [6, 6.07) is 15.2. The zero-order valence-corrected chi connectivity index (χ0v) is 13.6. The Morgan fingerprint density at radius 2 is 2.00 bits per heavy atom. The summed E-state index contributed by atoms with van der Waals surface area (Å²) in [7, 11) is 0. The van der Waals surface area contributed by atoms with Gasteiger partial charge in [-0.2, -0.15) is 0 Å². The molecule has 2 aromatic carbocycles. The number of carboxylic acids is 1. The van der Waals surface area contributed by atoms with Crippen LogP contribution in [0, 0.1) is 0 Å². The third-order valence-electron chi connectivity index (χ3n) is 4.21. The summed E-state index contributed by atoms with van der Waals surface area (Å²) in [6.07, 6.45) is 1.71. The number of carbonyl (C=O) groups is 1. The van der Waals surface area contributed by atoms with Crippen LogP contribution in [0.15, 0.2) is 60.3 Å². The fraction of sp³-hybridized carbons (Fsp3) is 0.158. The summed E-state index contributed by atoms with van der Waals surface area (Å²) >= 11 is 0. The number of imidazole rings is 1. The molecule has 1 aliphatic heterocycles. The Labute approximate surface area is 144 Å². The molecular formula is C19H17N3O3. The molecule has 0 fully saturated rings. The van der Waals surface area contributed by atoms with Crippen LogP contribution in [0.5, 0.6) is 5.75 Å². The summed E-state index contributed by atoms with van der Waals surface area (Å²) in [5, 5.41) is 12.3. The second-order valence-corrected chi connectivity index (χ2v) is 5.75. The van der Waals surface area contributed by atoms with E-state index in [-0.39, 0.29) is 11.7 Å². The molecule has 1 aliphatic rings. The van der Waals surface area contributed by atoms with Crippen molar-refractivity contribution in [1.82, 2.24) is 9.55 Å². The van der Waals surface area contributed by atoms with Crippen molar-refractivity contribution in [1.29, 1.82) is 0 Å². The van der Waals surface area contributed by atoms with Crippen molar-refractivity contribution in [2.45, 2.75) is 13.0 Å². The molecule has 0 radical (unpaired) electrons. The molecule has 2 N–H and O–H groups in total. The van der Waals surface area contributed by atoms with Gasteiger partial charge in [0.05, 0.1) is 23.7 Å². The van der Waals surface area contributed by atoms with Crippen molar-refractivity contribution in [2.24, 2.45) is 0 Å². The first-order valence-electron chi connectivity index (χ1n) is 8.09. The van der Waals surface area contributed by atoms with Crippen LogP contribution in [0.3, 0.4) is 0 Å². The minimum atomic E-state index is -1.01. The number of nitrogens with zero attached hydrogens (tertiary/aromatic N) is 2. The second kappa shape index (κ2) is 5.98. The maximum Gasteiger partial charge on any atom is 0.352 e. The number of anilines is 1. The highest BCUT2D eigenvalue weighted by molar-refractivity contribution is 5.92. The topological polar surface area (TPSA) is 76.4 Å². The number of hydrogen-bond acceptors (Lipinski definition) is 4. The van der Waals surface area contributed by atoms with E-state index in [1.54, 1.807) is 6.08 Å². The van der Waals surface area contributed by atoms with Crippen LogP contribution in [-0.2, 0) is 4.79 Å². The first-order chi connectivity index (χ1) is 12.2. The monoisotopic (exact) mass is 335 g/mol. The Morgan fingerprint density at radius 3 is 2.72 bits per heavy atom. The van der Waals surface area contributed by atoms with E-state index in [1.807, 2.05) is 60.0 Å². The number of aliphatic carboxylic acids is 1. The number of para-hydroxylation sites is 2. The molecule has 2 heterocycles. The third-order valence-corrected chi connectivity index (χ3v) is 4.21. The molecule has 3 aromatic rings. The van der Waals surface area contributed by atoms with Crippen LogP contribution in [0.4, 0.5) is 5.95 Å². The number of hydrogen-bond donors (Lipinski definition) is 2. The zero-order valence-electron chi connectivity index (χ0n) is 13.6. The maximum absolute atomic E-state index is 11.5. The van der Waals surface area contributed by atoms with Crippen molar-refractivity contribution in [2.75, 3.05) is 11.9 Å². The molecule has 126 valence electrons. The highest BCUT2D eigenvalue weighted by Crippen LogP contribution is 2.34. The fourth-order valence-corrected chi connectivity index (χ4v) is 3.11. The molecule has 0 aliphatic carbocycles. The van der Waals surface area contributed by atoms with E-state index in [0.717, 1.165) is 22.3 Å². The molecule has 4 rings (SSSR count). The maximum atomic E-state index is 11.5. The van der Waals surface area contributed by atoms with Crippen LogP contribution >= 0.6 is 0 Å². The van der Waals surface area contributed by atoms with Crippen molar-refractivity contribution >= 4 is 23.0 Å². The molecule has 0 amide bonds. The predicted octanol–water partition coefficient (Wildman–Crippen LogP) is 3.42. The lowest BCUT2D eigenvalue weighted by Crippen LogP contribution is -2.23. The average molecular weight is 335 g/mol. The molecule has 25 heavy (non-hydrogen) atoms. The number of fused-ring (bicyclic) bond motifs is 3. The Morgan fingerprint density at radius 1 is 1.24 bits per heavy atom. The summed E-state index contributed by atoms with van der Waals surface area (Å²) < 4.78 is 7.50. The normalized spacial score (nSPS) is 16.0. The van der Waals surface area contributed by atoms with Crippen LogP contribution in [0.25, 0.3) is 11.0 Å². The van der Waals surface area contributed by atoms with Gasteiger partial charge in [0.2, 0.25) is 5.95 Å². The molecule has 0 bridgehead atoms. The SMILES string of the molecule is CCOc1ccc([C@@H]2C=C(C(=O)O)Nc3nc4ccccc4n32)cc1. The molecule has 0 saturated carbocycles. The van der Waals surface area contributed by atoms with Gasteiger partial charge < -0.3 is 15.2 Å². The van der Waals surface area contributed by atoms with E-state index in [4.69, 9.17) is 4.74 Å². The lowest BCUT2D eigenvalue weighted by molar-refractivity contribution is -0.132. The minimum Gasteiger partial charge on any atom is -0.494 e. The van der Waals surface area contributed by atoms with Crippen molar-refractivity contribution in [3.63, 3.8) is 0 Å². The number of nitrogens with one attached hydrogen (secondary N) is 1. The second-order valence-electron chi connectivity index (χ2n) is 5.75. The van der Waals surface area contributed by atoms with Gasteiger partial charge in [0.1, 0.15) is 11.4 Å². The van der Waals surface area contributed by atoms with Crippen LogP contribution in [0.1, 0.15) is 18.5 Å². The molecule has 1 atom stereocenters. The van der Waals surface area contributed by atoms with E-state index in [1.165, 1.54) is 0 Å². The highest BCUT2D eigenvalue weighted by atomic mass is 16.5. The van der Waals surface area contributed by atoms with E-state index in [0.29, 0.717) is 12.6 Å². The first-order valence-corrected chi connectivity index (χ1v) is 8.09. The minimum absolute atomic E-state index is 0.127. The Bertz CT molecular complexity index is 973. The first kappa shape index (κ1) is 15.3. The van der Waals surface area contributed by atoms with Gasteiger partial charge in [-0.15, -0.1) is 0 Å². The average Bonchev–Trinajstić information content (AvgIpc) is 3.00. The van der Waals surface area contributed by atoms with Gasteiger partial charge in [0.25, 0.3) is 0 Å². The molecular weight excluding hydrogens is 318 g/mol. The summed E-state index contributed by atoms with van der Waals surface area (Å²) in [5.74, 6) is 0.313. The summed E-state index contributed by atoms with van der Waals surface area (Å²) in [4.78, 5) is 16.0. The number of rotatable bonds is 4. The van der Waals surface area contributed by atoms with Gasteiger partial charge in [-0.1, -0.05) is 24.3 Å². The summed E-state index contributed by atoms with van der Waals surface area (Å²) in [5.41, 5.74) is 2.86. The smallest absolute Gasteiger partial charge is 0.352 e. The molecule has 6 nitrogen and oxygen atoms in total. The largest absolute Gasteiger partial charge is 0.494 e. The van der Waals surface area contributed by atoms with Crippen LogP contribution < -0.4 is 10.1 Å². The lowest BCUT2D eigenvalue weighted by Gasteiger charge is -2.25. The molecule has 1 aromatic heterocycles. The van der Waals surface area contributed by atoms with Crippen molar-refractivity contribution in [3.8, 4) is 5.75 Å². The lowest BCUT2D eigenvalue weighted by atomic mass is 10.0. The quantitative estimate of drug-likeness (QED) is 0.764. The number of carboxylic acid groups (broad SMARTS) is 1. The fourth-order valence-electron chi connectivity index (χ4n) is 3.11. The standard InChI is InChI=1S/C19H17N3O3/c1-2-25-13-9-7-12(8-10-13)17-11-15(18(23)24)21-19-20-14-5-3-4-6-16(14)22(17)19/h3-11,17H,2H2,1H3,(H,20,21)(H,23,24)/t17-/m0/s1. The van der Waals surface area contributed by atoms with Gasteiger partial charge >= 0.3 is 5.97 Å².